The first-order valence-electron chi connectivity index (χ1n) is 6.57. The van der Waals surface area contributed by atoms with E-state index < -0.39 is 0 Å². The number of aromatic amines is 1. The number of ketones is 1. The van der Waals surface area contributed by atoms with E-state index in [0.717, 1.165) is 12.2 Å². The Balaban J connectivity index is 1.87. The first-order valence-corrected chi connectivity index (χ1v) is 6.57. The van der Waals surface area contributed by atoms with E-state index in [-0.39, 0.29) is 5.78 Å². The van der Waals surface area contributed by atoms with E-state index in [0.29, 0.717) is 18.5 Å². The molecule has 1 N–H and O–H groups in total. The molecule has 1 fully saturated rings. The lowest BCUT2D eigenvalue weighted by molar-refractivity contribution is 0.0916. The summed E-state index contributed by atoms with van der Waals surface area (Å²) in [6.45, 7) is 6.09. The average Bonchev–Trinajstić information content (AvgIpc) is 2.98. The van der Waals surface area contributed by atoms with Crippen LogP contribution in [0.4, 0.5) is 0 Å². The maximum Gasteiger partial charge on any atom is 0.192 e. The third-order valence-corrected chi connectivity index (χ3v) is 3.30. The number of nitrogens with zero attached hydrogens (tertiary/aromatic N) is 1. The van der Waals surface area contributed by atoms with Crippen molar-refractivity contribution in [1.82, 2.24) is 9.88 Å². The van der Waals surface area contributed by atoms with Crippen molar-refractivity contribution >= 4 is 5.78 Å². The van der Waals surface area contributed by atoms with Gasteiger partial charge >= 0.3 is 0 Å². The van der Waals surface area contributed by atoms with Crippen LogP contribution in [0.3, 0.4) is 0 Å². The van der Waals surface area contributed by atoms with Crippen molar-refractivity contribution in [2.45, 2.75) is 39.2 Å². The Labute approximate surface area is 103 Å². The Morgan fingerprint density at radius 1 is 1.53 bits per heavy atom. The Bertz CT molecular complexity index is 352. The summed E-state index contributed by atoms with van der Waals surface area (Å²) < 4.78 is 0. The van der Waals surface area contributed by atoms with Crippen molar-refractivity contribution in [2.75, 3.05) is 13.1 Å². The third kappa shape index (κ3) is 3.70. The Hall–Kier alpha value is -1.09. The normalized spacial score (nSPS) is 15.8. The molecular formula is C14H22N2O. The second-order valence-electron chi connectivity index (χ2n) is 5.39. The molecule has 0 bridgehead atoms. The van der Waals surface area contributed by atoms with E-state index in [1.807, 2.05) is 18.3 Å². The topological polar surface area (TPSA) is 36.1 Å². The molecule has 0 radical (unpaired) electrons. The molecule has 1 aromatic heterocycles. The predicted molar refractivity (Wildman–Crippen MR) is 69.2 cm³/mol. The van der Waals surface area contributed by atoms with Gasteiger partial charge in [-0.2, -0.15) is 0 Å². The summed E-state index contributed by atoms with van der Waals surface area (Å²) in [6, 6.07) is 4.39. The molecule has 1 aliphatic carbocycles. The maximum absolute atomic E-state index is 12.0. The van der Waals surface area contributed by atoms with Crippen molar-refractivity contribution in [3.63, 3.8) is 0 Å². The first-order chi connectivity index (χ1) is 8.16. The van der Waals surface area contributed by atoms with E-state index in [1.54, 1.807) is 0 Å². The van der Waals surface area contributed by atoms with Gasteiger partial charge in [0.2, 0.25) is 0 Å². The molecule has 0 saturated heterocycles. The number of H-pyrrole nitrogens is 1. The number of nitrogens with one attached hydrogen (secondary N) is 1. The number of carbonyl (C=O) groups excluding carboxylic acids is 1. The molecule has 3 nitrogen and oxygen atoms in total. The summed E-state index contributed by atoms with van der Waals surface area (Å²) >= 11 is 0. The maximum atomic E-state index is 12.0. The van der Waals surface area contributed by atoms with Gasteiger partial charge in [-0.05, 0) is 43.9 Å². The molecule has 1 heterocycles. The van der Waals surface area contributed by atoms with Crippen LogP contribution in [-0.4, -0.2) is 34.8 Å². The zero-order valence-electron chi connectivity index (χ0n) is 10.8. The summed E-state index contributed by atoms with van der Waals surface area (Å²) in [7, 11) is 0. The molecule has 94 valence electrons. The molecule has 0 aromatic carbocycles. The van der Waals surface area contributed by atoms with Gasteiger partial charge in [-0.1, -0.05) is 13.8 Å². The van der Waals surface area contributed by atoms with Crippen LogP contribution >= 0.6 is 0 Å². The summed E-state index contributed by atoms with van der Waals surface area (Å²) in [4.78, 5) is 17.4. The van der Waals surface area contributed by atoms with Crippen LogP contribution in [-0.2, 0) is 0 Å². The number of carbonyl (C=O) groups is 1. The highest BCUT2D eigenvalue weighted by molar-refractivity contribution is 5.95. The second-order valence-corrected chi connectivity index (χ2v) is 5.39. The van der Waals surface area contributed by atoms with Crippen molar-refractivity contribution < 1.29 is 4.79 Å². The van der Waals surface area contributed by atoms with Gasteiger partial charge in [0.1, 0.15) is 0 Å². The highest BCUT2D eigenvalue weighted by Crippen LogP contribution is 2.27. The van der Waals surface area contributed by atoms with E-state index in [9.17, 15) is 4.79 Å². The fourth-order valence-corrected chi connectivity index (χ4v) is 2.03. The minimum Gasteiger partial charge on any atom is -0.359 e. The minimum absolute atomic E-state index is 0.214. The zero-order valence-corrected chi connectivity index (χ0v) is 10.8. The van der Waals surface area contributed by atoms with E-state index in [2.05, 4.69) is 23.7 Å². The lowest BCUT2D eigenvalue weighted by Gasteiger charge is -2.21. The molecule has 0 spiro atoms. The summed E-state index contributed by atoms with van der Waals surface area (Å²) in [5.74, 6) is 0.919. The van der Waals surface area contributed by atoms with Gasteiger partial charge in [-0.25, -0.2) is 0 Å². The van der Waals surface area contributed by atoms with Crippen LogP contribution < -0.4 is 0 Å². The molecule has 1 aliphatic rings. The Kier molecular flexibility index (Phi) is 4.00. The molecule has 17 heavy (non-hydrogen) atoms. The molecule has 2 rings (SSSR count). The molecule has 1 saturated carbocycles. The lowest BCUT2D eigenvalue weighted by Crippen LogP contribution is -2.33. The molecule has 3 heteroatoms. The third-order valence-electron chi connectivity index (χ3n) is 3.30. The van der Waals surface area contributed by atoms with Gasteiger partial charge < -0.3 is 4.98 Å². The number of rotatable bonds is 7. The van der Waals surface area contributed by atoms with Gasteiger partial charge in [-0.15, -0.1) is 0 Å². The fraction of sp³-hybridized carbons (Fsp3) is 0.643. The monoisotopic (exact) mass is 234 g/mol. The summed E-state index contributed by atoms with van der Waals surface area (Å²) in [5, 5.41) is 0. The molecule has 1 aromatic rings. The predicted octanol–water partition coefficient (Wildman–Crippen LogP) is 2.71. The van der Waals surface area contributed by atoms with Crippen LogP contribution in [0.2, 0.25) is 0 Å². The lowest BCUT2D eigenvalue weighted by atomic mass is 10.1. The Morgan fingerprint density at radius 3 is 2.82 bits per heavy atom. The van der Waals surface area contributed by atoms with Gasteiger partial charge in [0.05, 0.1) is 12.2 Å². The van der Waals surface area contributed by atoms with Crippen LogP contribution in [0.15, 0.2) is 18.3 Å². The van der Waals surface area contributed by atoms with E-state index in [4.69, 9.17) is 0 Å². The number of Topliss-reactive ketones (excluding diaryl/α,β-unsaturated/α-hetero) is 1. The fourth-order valence-electron chi connectivity index (χ4n) is 2.03. The van der Waals surface area contributed by atoms with E-state index >= 15 is 0 Å². The molecule has 0 aliphatic heterocycles. The van der Waals surface area contributed by atoms with Crippen LogP contribution in [0.1, 0.15) is 43.6 Å². The second kappa shape index (κ2) is 5.50. The molecule has 0 unspecified atom stereocenters. The van der Waals surface area contributed by atoms with Crippen LogP contribution in [0, 0.1) is 5.92 Å². The zero-order chi connectivity index (χ0) is 12.3. The average molecular weight is 234 g/mol. The summed E-state index contributed by atoms with van der Waals surface area (Å²) in [6.07, 6.45) is 5.50. The Morgan fingerprint density at radius 2 is 2.29 bits per heavy atom. The SMILES string of the molecule is CC(C)CCN(CC(=O)c1ccc[nH]1)C1CC1. The smallest absolute Gasteiger partial charge is 0.192 e. The molecule has 0 amide bonds. The van der Waals surface area contributed by atoms with Gasteiger partial charge in [0.15, 0.2) is 5.78 Å². The first kappa shape index (κ1) is 12.4. The number of aromatic nitrogens is 1. The van der Waals surface area contributed by atoms with Crippen LogP contribution in [0.5, 0.6) is 0 Å². The van der Waals surface area contributed by atoms with Crippen molar-refractivity contribution in [3.8, 4) is 0 Å². The minimum atomic E-state index is 0.214. The highest BCUT2D eigenvalue weighted by atomic mass is 16.1. The number of hydrogen-bond acceptors (Lipinski definition) is 2. The summed E-state index contributed by atoms with van der Waals surface area (Å²) in [5.41, 5.74) is 0.736. The van der Waals surface area contributed by atoms with Crippen molar-refractivity contribution in [1.29, 1.82) is 0 Å². The van der Waals surface area contributed by atoms with Crippen LogP contribution in [0.25, 0.3) is 0 Å². The van der Waals surface area contributed by atoms with Gasteiger partial charge in [0, 0.05) is 12.2 Å². The van der Waals surface area contributed by atoms with Gasteiger partial charge in [-0.3, -0.25) is 9.69 Å². The number of hydrogen-bond donors (Lipinski definition) is 1. The largest absolute Gasteiger partial charge is 0.359 e. The highest BCUT2D eigenvalue weighted by Gasteiger charge is 2.30. The van der Waals surface area contributed by atoms with Crippen molar-refractivity contribution in [2.24, 2.45) is 5.92 Å². The molecule has 0 atom stereocenters. The van der Waals surface area contributed by atoms with Gasteiger partial charge in [0.25, 0.3) is 0 Å². The molecular weight excluding hydrogens is 212 g/mol. The van der Waals surface area contributed by atoms with E-state index in [1.165, 1.54) is 19.3 Å². The standard InChI is InChI=1S/C14H22N2O/c1-11(2)7-9-16(12-5-6-12)10-14(17)13-4-3-8-15-13/h3-4,8,11-12,15H,5-7,9-10H2,1-2H3. The van der Waals surface area contributed by atoms with Crippen molar-refractivity contribution in [3.05, 3.63) is 24.0 Å². The quantitative estimate of drug-likeness (QED) is 0.736.